The summed E-state index contributed by atoms with van der Waals surface area (Å²) in [5.74, 6) is 0.266. The van der Waals surface area contributed by atoms with Crippen molar-refractivity contribution in [3.8, 4) is 0 Å². The molecule has 1 aliphatic rings. The van der Waals surface area contributed by atoms with Gasteiger partial charge in [0.25, 0.3) is 0 Å². The number of nitrogens with zero attached hydrogens (tertiary/aromatic N) is 1. The number of hydrogen-bond donors (Lipinski definition) is 1. The van der Waals surface area contributed by atoms with Crippen LogP contribution in [0.3, 0.4) is 0 Å². The largest absolute Gasteiger partial charge is 0.380 e. The molecule has 18 heavy (non-hydrogen) atoms. The summed E-state index contributed by atoms with van der Waals surface area (Å²) in [6.45, 7) is 6.70. The normalized spacial score (nSPS) is 21.1. The van der Waals surface area contributed by atoms with Gasteiger partial charge in [0.05, 0.1) is 6.10 Å². The fraction of sp³-hybridized carbons (Fsp3) is 0.929. The highest BCUT2D eigenvalue weighted by atomic mass is 16.5. The summed E-state index contributed by atoms with van der Waals surface area (Å²) in [7, 11) is 1.73. The molecule has 0 aromatic carbocycles. The minimum absolute atomic E-state index is 0.168. The van der Waals surface area contributed by atoms with Crippen LogP contribution in [0.4, 0.5) is 0 Å². The summed E-state index contributed by atoms with van der Waals surface area (Å²) in [5, 5.41) is 0. The van der Waals surface area contributed by atoms with E-state index < -0.39 is 0 Å². The van der Waals surface area contributed by atoms with Crippen LogP contribution in [0.2, 0.25) is 0 Å². The van der Waals surface area contributed by atoms with Gasteiger partial charge in [-0.15, -0.1) is 0 Å². The van der Waals surface area contributed by atoms with Gasteiger partial charge < -0.3 is 15.4 Å². The predicted octanol–water partition coefficient (Wildman–Crippen LogP) is 1.78. The van der Waals surface area contributed by atoms with Crippen LogP contribution in [0.1, 0.15) is 46.0 Å². The van der Waals surface area contributed by atoms with E-state index in [0.29, 0.717) is 13.0 Å². The Bertz CT molecular complexity index is 267. The summed E-state index contributed by atoms with van der Waals surface area (Å²) in [5.41, 5.74) is 5.76. The molecule has 1 heterocycles. The molecule has 0 aliphatic carbocycles. The molecule has 0 radical (unpaired) electrons. The van der Waals surface area contributed by atoms with E-state index in [0.717, 1.165) is 38.8 Å². The Balaban J connectivity index is 2.36. The maximum atomic E-state index is 12.1. The minimum atomic E-state index is 0.168. The molecule has 0 bridgehead atoms. The Labute approximate surface area is 111 Å². The topological polar surface area (TPSA) is 55.6 Å². The number of carbonyl (C=O) groups excluding carboxylic acids is 1. The van der Waals surface area contributed by atoms with E-state index in [1.807, 2.05) is 4.90 Å². The second-order valence-electron chi connectivity index (χ2n) is 6.04. The molecule has 2 N–H and O–H groups in total. The quantitative estimate of drug-likeness (QED) is 0.788. The van der Waals surface area contributed by atoms with Crippen molar-refractivity contribution in [1.29, 1.82) is 0 Å². The summed E-state index contributed by atoms with van der Waals surface area (Å²) in [6, 6.07) is 0. The Hall–Kier alpha value is -0.610. The zero-order chi connectivity index (χ0) is 13.6. The average Bonchev–Trinajstić information content (AvgIpc) is 2.36. The molecule has 4 heteroatoms. The molecule has 0 aromatic rings. The van der Waals surface area contributed by atoms with Gasteiger partial charge in [0, 0.05) is 26.6 Å². The van der Waals surface area contributed by atoms with E-state index in [4.69, 9.17) is 10.5 Å². The van der Waals surface area contributed by atoms with Crippen molar-refractivity contribution in [3.63, 3.8) is 0 Å². The molecule has 1 aliphatic heterocycles. The van der Waals surface area contributed by atoms with Crippen LogP contribution >= 0.6 is 0 Å². The monoisotopic (exact) mass is 256 g/mol. The van der Waals surface area contributed by atoms with E-state index in [1.165, 1.54) is 0 Å². The van der Waals surface area contributed by atoms with Crippen molar-refractivity contribution in [1.82, 2.24) is 4.90 Å². The van der Waals surface area contributed by atoms with Gasteiger partial charge in [-0.3, -0.25) is 4.79 Å². The number of carbonyl (C=O) groups is 1. The highest BCUT2D eigenvalue weighted by Crippen LogP contribution is 2.26. The molecule has 106 valence electrons. The van der Waals surface area contributed by atoms with Gasteiger partial charge in [-0.05, 0) is 37.6 Å². The Kier molecular flexibility index (Phi) is 6.09. The SMILES string of the molecule is COC1CCCN(C(=O)CCC(C)(C)CCN)C1. The highest BCUT2D eigenvalue weighted by Gasteiger charge is 2.25. The van der Waals surface area contributed by atoms with E-state index in [2.05, 4.69) is 13.8 Å². The lowest BCUT2D eigenvalue weighted by Crippen LogP contribution is -2.43. The summed E-state index contributed by atoms with van der Waals surface area (Å²) >= 11 is 0. The molecule has 1 amide bonds. The Morgan fingerprint density at radius 3 is 2.78 bits per heavy atom. The molecule has 4 nitrogen and oxygen atoms in total. The number of amides is 1. The summed E-state index contributed by atoms with van der Waals surface area (Å²) < 4.78 is 5.35. The average molecular weight is 256 g/mol. The molecule has 0 spiro atoms. The number of piperidine rings is 1. The first-order valence-electron chi connectivity index (χ1n) is 6.99. The molecule has 1 saturated heterocycles. The molecule has 1 rings (SSSR count). The zero-order valence-corrected chi connectivity index (χ0v) is 12.1. The van der Waals surface area contributed by atoms with Crippen molar-refractivity contribution in [2.75, 3.05) is 26.7 Å². The van der Waals surface area contributed by atoms with Crippen LogP contribution in [0.15, 0.2) is 0 Å². The van der Waals surface area contributed by atoms with Gasteiger partial charge in [-0.25, -0.2) is 0 Å². The van der Waals surface area contributed by atoms with Gasteiger partial charge in [0.15, 0.2) is 0 Å². The maximum absolute atomic E-state index is 12.1. The Morgan fingerprint density at radius 2 is 2.17 bits per heavy atom. The van der Waals surface area contributed by atoms with Crippen molar-refractivity contribution >= 4 is 5.91 Å². The zero-order valence-electron chi connectivity index (χ0n) is 12.1. The Morgan fingerprint density at radius 1 is 1.44 bits per heavy atom. The van der Waals surface area contributed by atoms with Crippen molar-refractivity contribution in [2.24, 2.45) is 11.1 Å². The lowest BCUT2D eigenvalue weighted by atomic mass is 9.84. The molecular formula is C14H28N2O2. The first kappa shape index (κ1) is 15.4. The standard InChI is InChI=1S/C14H28N2O2/c1-14(2,8-9-15)7-6-13(17)16-10-4-5-12(11-16)18-3/h12H,4-11,15H2,1-3H3. The highest BCUT2D eigenvalue weighted by molar-refractivity contribution is 5.76. The fourth-order valence-electron chi connectivity index (χ4n) is 2.48. The smallest absolute Gasteiger partial charge is 0.222 e. The minimum Gasteiger partial charge on any atom is -0.380 e. The number of likely N-dealkylation sites (tertiary alicyclic amines) is 1. The van der Waals surface area contributed by atoms with Gasteiger partial charge in [-0.1, -0.05) is 13.8 Å². The second kappa shape index (κ2) is 7.10. The van der Waals surface area contributed by atoms with Crippen molar-refractivity contribution < 1.29 is 9.53 Å². The lowest BCUT2D eigenvalue weighted by Gasteiger charge is -2.33. The van der Waals surface area contributed by atoms with Crippen LogP contribution < -0.4 is 5.73 Å². The molecule has 1 atom stereocenters. The third-order valence-electron chi connectivity index (χ3n) is 3.90. The van der Waals surface area contributed by atoms with E-state index in [-0.39, 0.29) is 17.4 Å². The van der Waals surface area contributed by atoms with Crippen LogP contribution in [0.25, 0.3) is 0 Å². The van der Waals surface area contributed by atoms with Crippen LogP contribution in [0, 0.1) is 5.41 Å². The van der Waals surface area contributed by atoms with Crippen LogP contribution in [0.5, 0.6) is 0 Å². The maximum Gasteiger partial charge on any atom is 0.222 e. The number of nitrogens with two attached hydrogens (primary N) is 1. The van der Waals surface area contributed by atoms with Crippen molar-refractivity contribution in [2.45, 2.75) is 52.1 Å². The lowest BCUT2D eigenvalue weighted by molar-refractivity contribution is -0.135. The first-order valence-corrected chi connectivity index (χ1v) is 6.99. The molecular weight excluding hydrogens is 228 g/mol. The van der Waals surface area contributed by atoms with Crippen molar-refractivity contribution in [3.05, 3.63) is 0 Å². The van der Waals surface area contributed by atoms with Crippen LogP contribution in [-0.2, 0) is 9.53 Å². The van der Waals surface area contributed by atoms with E-state index >= 15 is 0 Å². The first-order chi connectivity index (χ1) is 8.48. The number of rotatable bonds is 6. The van der Waals surface area contributed by atoms with E-state index in [9.17, 15) is 4.79 Å². The molecule has 1 unspecified atom stereocenters. The van der Waals surface area contributed by atoms with Gasteiger partial charge in [0.1, 0.15) is 0 Å². The molecule has 0 aromatic heterocycles. The summed E-state index contributed by atoms with van der Waals surface area (Å²) in [6.07, 6.45) is 4.86. The van der Waals surface area contributed by atoms with Crippen LogP contribution in [-0.4, -0.2) is 43.7 Å². The second-order valence-corrected chi connectivity index (χ2v) is 6.04. The van der Waals surface area contributed by atoms with Gasteiger partial charge in [-0.2, -0.15) is 0 Å². The van der Waals surface area contributed by atoms with Gasteiger partial charge >= 0.3 is 0 Å². The van der Waals surface area contributed by atoms with Gasteiger partial charge in [0.2, 0.25) is 5.91 Å². The number of hydrogen-bond acceptors (Lipinski definition) is 3. The number of methoxy groups -OCH3 is 1. The third-order valence-corrected chi connectivity index (χ3v) is 3.90. The summed E-state index contributed by atoms with van der Waals surface area (Å²) in [4.78, 5) is 14.1. The molecule has 1 fully saturated rings. The molecule has 0 saturated carbocycles. The number of ether oxygens (including phenoxy) is 1. The van der Waals surface area contributed by atoms with E-state index in [1.54, 1.807) is 7.11 Å². The predicted molar refractivity (Wildman–Crippen MR) is 73.3 cm³/mol. The fourth-order valence-corrected chi connectivity index (χ4v) is 2.48. The third kappa shape index (κ3) is 4.94.